The molecule has 0 aliphatic rings. The molecule has 0 fully saturated rings. The fourth-order valence-electron chi connectivity index (χ4n) is 0.973. The van der Waals surface area contributed by atoms with E-state index in [0.29, 0.717) is 21.9 Å². The summed E-state index contributed by atoms with van der Waals surface area (Å²) in [5, 5.41) is 0. The Bertz CT molecular complexity index is 302. The Labute approximate surface area is 83.8 Å². The first-order chi connectivity index (χ1) is 6.19. The molecule has 70 valence electrons. The van der Waals surface area contributed by atoms with E-state index in [9.17, 15) is 9.18 Å². The van der Waals surface area contributed by atoms with Crippen molar-refractivity contribution in [3.63, 3.8) is 0 Å². The summed E-state index contributed by atoms with van der Waals surface area (Å²) in [5.41, 5.74) is 0.734. The molecule has 1 aromatic rings. The highest BCUT2D eigenvalue weighted by atomic mass is 79.9. The van der Waals surface area contributed by atoms with E-state index in [1.165, 1.54) is 13.2 Å². The van der Waals surface area contributed by atoms with E-state index < -0.39 is 5.82 Å². The van der Waals surface area contributed by atoms with Gasteiger partial charge in [0.25, 0.3) is 0 Å². The predicted molar refractivity (Wildman–Crippen MR) is 50.2 cm³/mol. The standard InChI is InChI=1S/C9H8BrFO2/c1-13-5-7-8(10)2-6(4-12)3-9(7)11/h2-4H,5H2,1H3. The Morgan fingerprint density at radius 2 is 2.31 bits per heavy atom. The first kappa shape index (κ1) is 10.3. The second kappa shape index (κ2) is 4.48. The van der Waals surface area contributed by atoms with Crippen LogP contribution in [0.4, 0.5) is 4.39 Å². The molecule has 0 amide bonds. The van der Waals surface area contributed by atoms with Crippen LogP contribution in [0.3, 0.4) is 0 Å². The van der Waals surface area contributed by atoms with E-state index in [2.05, 4.69) is 15.9 Å². The minimum absolute atomic E-state index is 0.186. The Kier molecular flexibility index (Phi) is 3.57. The van der Waals surface area contributed by atoms with Crippen molar-refractivity contribution < 1.29 is 13.9 Å². The molecule has 4 heteroatoms. The van der Waals surface area contributed by atoms with Crippen LogP contribution in [0.15, 0.2) is 16.6 Å². The van der Waals surface area contributed by atoms with Crippen molar-refractivity contribution in [3.05, 3.63) is 33.5 Å². The molecule has 1 aromatic carbocycles. The minimum atomic E-state index is -0.432. The largest absolute Gasteiger partial charge is 0.380 e. The van der Waals surface area contributed by atoms with Crippen molar-refractivity contribution >= 4 is 22.2 Å². The molecule has 0 aromatic heterocycles. The molecule has 0 saturated carbocycles. The van der Waals surface area contributed by atoms with Gasteiger partial charge in [-0.05, 0) is 12.1 Å². The van der Waals surface area contributed by atoms with Crippen molar-refractivity contribution in [2.45, 2.75) is 6.61 Å². The van der Waals surface area contributed by atoms with Crippen molar-refractivity contribution in [2.75, 3.05) is 7.11 Å². The molecule has 0 bridgehead atoms. The quantitative estimate of drug-likeness (QED) is 0.767. The number of benzene rings is 1. The van der Waals surface area contributed by atoms with Gasteiger partial charge in [-0.3, -0.25) is 4.79 Å². The fraction of sp³-hybridized carbons (Fsp3) is 0.222. The lowest BCUT2D eigenvalue weighted by Crippen LogP contribution is -1.96. The minimum Gasteiger partial charge on any atom is -0.380 e. The number of methoxy groups -OCH3 is 1. The van der Waals surface area contributed by atoms with Crippen LogP contribution in [0, 0.1) is 5.82 Å². The number of carbonyl (C=O) groups is 1. The Morgan fingerprint density at radius 1 is 1.62 bits per heavy atom. The highest BCUT2D eigenvalue weighted by Crippen LogP contribution is 2.22. The first-order valence-corrected chi connectivity index (χ1v) is 4.40. The summed E-state index contributed by atoms with van der Waals surface area (Å²) in [6.07, 6.45) is 0.602. The van der Waals surface area contributed by atoms with Gasteiger partial charge in [-0.2, -0.15) is 0 Å². The summed E-state index contributed by atoms with van der Waals surface area (Å²) < 4.78 is 18.6. The van der Waals surface area contributed by atoms with Gasteiger partial charge in [0.2, 0.25) is 0 Å². The molecule has 0 unspecified atom stereocenters. The van der Waals surface area contributed by atoms with E-state index in [1.807, 2.05) is 0 Å². The van der Waals surface area contributed by atoms with Gasteiger partial charge in [0.15, 0.2) is 0 Å². The van der Waals surface area contributed by atoms with Crippen LogP contribution < -0.4 is 0 Å². The van der Waals surface area contributed by atoms with Gasteiger partial charge >= 0.3 is 0 Å². The summed E-state index contributed by atoms with van der Waals surface area (Å²) in [6.45, 7) is 0.186. The first-order valence-electron chi connectivity index (χ1n) is 3.61. The summed E-state index contributed by atoms with van der Waals surface area (Å²) in [7, 11) is 1.49. The molecular formula is C9H8BrFO2. The lowest BCUT2D eigenvalue weighted by Gasteiger charge is -2.05. The smallest absolute Gasteiger partial charge is 0.150 e. The second-order valence-corrected chi connectivity index (χ2v) is 3.37. The lowest BCUT2D eigenvalue weighted by atomic mass is 10.1. The van der Waals surface area contributed by atoms with Gasteiger partial charge in [-0.25, -0.2) is 4.39 Å². The second-order valence-electron chi connectivity index (χ2n) is 2.51. The number of carbonyl (C=O) groups excluding carboxylic acids is 1. The number of hydrogen-bond donors (Lipinski definition) is 0. The summed E-state index contributed by atoms with van der Waals surface area (Å²) in [4.78, 5) is 10.4. The number of ether oxygens (including phenoxy) is 1. The molecular weight excluding hydrogens is 239 g/mol. The number of rotatable bonds is 3. The van der Waals surface area contributed by atoms with E-state index >= 15 is 0 Å². The molecule has 2 nitrogen and oxygen atoms in total. The molecule has 13 heavy (non-hydrogen) atoms. The molecule has 0 saturated heterocycles. The summed E-state index contributed by atoms with van der Waals surface area (Å²) in [5.74, 6) is -0.432. The van der Waals surface area contributed by atoms with Gasteiger partial charge in [-0.15, -0.1) is 0 Å². The zero-order valence-electron chi connectivity index (χ0n) is 7.01. The average molecular weight is 247 g/mol. The zero-order valence-corrected chi connectivity index (χ0v) is 8.60. The van der Waals surface area contributed by atoms with Crippen molar-refractivity contribution in [1.82, 2.24) is 0 Å². The van der Waals surface area contributed by atoms with Crippen LogP contribution in [0.1, 0.15) is 15.9 Å². The molecule has 0 N–H and O–H groups in total. The topological polar surface area (TPSA) is 26.3 Å². The molecule has 0 aliphatic heterocycles. The normalized spacial score (nSPS) is 10.1. The van der Waals surface area contributed by atoms with Crippen LogP contribution in [0.5, 0.6) is 0 Å². The molecule has 0 spiro atoms. The summed E-state index contributed by atoms with van der Waals surface area (Å²) in [6, 6.07) is 2.75. The highest BCUT2D eigenvalue weighted by Gasteiger charge is 2.08. The highest BCUT2D eigenvalue weighted by molar-refractivity contribution is 9.10. The lowest BCUT2D eigenvalue weighted by molar-refractivity contribution is 0.112. The molecule has 0 heterocycles. The van der Waals surface area contributed by atoms with Crippen molar-refractivity contribution in [3.8, 4) is 0 Å². The van der Waals surface area contributed by atoms with Crippen LogP contribution in [0.25, 0.3) is 0 Å². The third-order valence-electron chi connectivity index (χ3n) is 1.59. The van der Waals surface area contributed by atoms with E-state index in [-0.39, 0.29) is 6.61 Å². The van der Waals surface area contributed by atoms with Gasteiger partial charge in [-0.1, -0.05) is 15.9 Å². The zero-order chi connectivity index (χ0) is 9.84. The number of halogens is 2. The maximum Gasteiger partial charge on any atom is 0.150 e. The Balaban J connectivity index is 3.14. The van der Waals surface area contributed by atoms with E-state index in [0.717, 1.165) is 0 Å². The monoisotopic (exact) mass is 246 g/mol. The van der Waals surface area contributed by atoms with Crippen LogP contribution in [0.2, 0.25) is 0 Å². The Hall–Kier alpha value is -0.740. The molecule has 0 atom stereocenters. The van der Waals surface area contributed by atoms with Crippen LogP contribution in [-0.4, -0.2) is 13.4 Å². The molecule has 1 rings (SSSR count). The third kappa shape index (κ3) is 2.35. The van der Waals surface area contributed by atoms with E-state index in [4.69, 9.17) is 4.74 Å². The number of aldehydes is 1. The van der Waals surface area contributed by atoms with Gasteiger partial charge < -0.3 is 4.74 Å². The molecule has 0 radical (unpaired) electrons. The number of hydrogen-bond acceptors (Lipinski definition) is 2. The third-order valence-corrected chi connectivity index (χ3v) is 2.30. The average Bonchev–Trinajstić information content (AvgIpc) is 2.11. The van der Waals surface area contributed by atoms with Crippen molar-refractivity contribution in [1.29, 1.82) is 0 Å². The van der Waals surface area contributed by atoms with E-state index in [1.54, 1.807) is 6.07 Å². The van der Waals surface area contributed by atoms with Crippen molar-refractivity contribution in [2.24, 2.45) is 0 Å². The maximum absolute atomic E-state index is 13.2. The SMILES string of the molecule is COCc1c(F)cc(C=O)cc1Br. The molecule has 0 aliphatic carbocycles. The summed E-state index contributed by atoms with van der Waals surface area (Å²) >= 11 is 3.16. The fourth-order valence-corrected chi connectivity index (χ4v) is 1.54. The van der Waals surface area contributed by atoms with Gasteiger partial charge in [0.1, 0.15) is 12.1 Å². The van der Waals surface area contributed by atoms with Gasteiger partial charge in [0, 0.05) is 22.7 Å². The predicted octanol–water partition coefficient (Wildman–Crippen LogP) is 2.55. The Morgan fingerprint density at radius 3 is 2.77 bits per heavy atom. The maximum atomic E-state index is 13.2. The van der Waals surface area contributed by atoms with Crippen LogP contribution in [-0.2, 0) is 11.3 Å². The van der Waals surface area contributed by atoms with Gasteiger partial charge in [0.05, 0.1) is 6.61 Å². The van der Waals surface area contributed by atoms with Crippen LogP contribution >= 0.6 is 15.9 Å².